The first-order valence-corrected chi connectivity index (χ1v) is 8.78. The highest BCUT2D eigenvalue weighted by Crippen LogP contribution is 2.14. The molecule has 0 fully saturated rings. The molecule has 2 aromatic carbocycles. The first-order chi connectivity index (χ1) is 12.9. The van der Waals surface area contributed by atoms with Crippen LogP contribution in [0.4, 0.5) is 0 Å². The first kappa shape index (κ1) is 20.2. The molecule has 142 valence electrons. The van der Waals surface area contributed by atoms with Crippen molar-refractivity contribution in [1.29, 1.82) is 0 Å². The van der Waals surface area contributed by atoms with E-state index < -0.39 is 11.9 Å². The van der Waals surface area contributed by atoms with E-state index in [1.165, 1.54) is 5.56 Å². The lowest BCUT2D eigenvalue weighted by Gasteiger charge is -2.12. The third kappa shape index (κ3) is 5.95. The zero-order valence-electron chi connectivity index (χ0n) is 16.0. The van der Waals surface area contributed by atoms with Gasteiger partial charge in [0.1, 0.15) is 11.8 Å². The molecule has 0 bridgehead atoms. The van der Waals surface area contributed by atoms with Gasteiger partial charge in [0.2, 0.25) is 0 Å². The molecule has 0 radical (unpaired) electrons. The molecule has 6 heteroatoms. The van der Waals surface area contributed by atoms with Gasteiger partial charge in [-0.1, -0.05) is 38.1 Å². The maximum atomic E-state index is 12.2. The SMILES string of the molecule is COc1ccc(C(=O)NC(C)C(=O)NN=Cc2ccc(C(C)C)cc2)cc1. The smallest absolute Gasteiger partial charge is 0.262 e. The Bertz CT molecular complexity index is 796. The second kappa shape index (κ2) is 9.52. The number of carbonyl (C=O) groups excluding carboxylic acids is 2. The van der Waals surface area contributed by atoms with Crippen molar-refractivity contribution in [2.24, 2.45) is 5.10 Å². The molecule has 2 N–H and O–H groups in total. The van der Waals surface area contributed by atoms with E-state index in [0.717, 1.165) is 5.56 Å². The highest BCUT2D eigenvalue weighted by atomic mass is 16.5. The summed E-state index contributed by atoms with van der Waals surface area (Å²) in [6.07, 6.45) is 1.57. The van der Waals surface area contributed by atoms with Gasteiger partial charge in [-0.2, -0.15) is 5.10 Å². The normalized spacial score (nSPS) is 12.0. The summed E-state index contributed by atoms with van der Waals surface area (Å²) >= 11 is 0. The third-order valence-electron chi connectivity index (χ3n) is 4.08. The quantitative estimate of drug-likeness (QED) is 0.583. The van der Waals surface area contributed by atoms with E-state index in [-0.39, 0.29) is 5.91 Å². The zero-order valence-corrected chi connectivity index (χ0v) is 16.0. The molecule has 1 unspecified atom stereocenters. The average Bonchev–Trinajstić information content (AvgIpc) is 2.68. The van der Waals surface area contributed by atoms with Gasteiger partial charge in [0.15, 0.2) is 0 Å². The molecule has 1 atom stereocenters. The van der Waals surface area contributed by atoms with Crippen molar-refractivity contribution >= 4 is 18.0 Å². The second-order valence-corrected chi connectivity index (χ2v) is 6.48. The highest BCUT2D eigenvalue weighted by Gasteiger charge is 2.16. The van der Waals surface area contributed by atoms with Crippen molar-refractivity contribution in [3.8, 4) is 5.75 Å². The molecule has 2 rings (SSSR count). The lowest BCUT2D eigenvalue weighted by atomic mass is 10.0. The van der Waals surface area contributed by atoms with Crippen LogP contribution in [0.3, 0.4) is 0 Å². The third-order valence-corrected chi connectivity index (χ3v) is 4.08. The minimum atomic E-state index is -0.722. The van der Waals surface area contributed by atoms with Crippen LogP contribution in [0.15, 0.2) is 53.6 Å². The number of hydrogen-bond donors (Lipinski definition) is 2. The number of nitrogens with zero attached hydrogens (tertiary/aromatic N) is 1. The van der Waals surface area contributed by atoms with Crippen molar-refractivity contribution in [1.82, 2.24) is 10.7 Å². The Morgan fingerprint density at radius 3 is 2.19 bits per heavy atom. The van der Waals surface area contributed by atoms with Crippen molar-refractivity contribution in [3.05, 3.63) is 65.2 Å². The molecule has 0 aromatic heterocycles. The number of ether oxygens (including phenoxy) is 1. The van der Waals surface area contributed by atoms with Gasteiger partial charge in [0.05, 0.1) is 13.3 Å². The molecule has 0 saturated heterocycles. The fraction of sp³-hybridized carbons (Fsp3) is 0.286. The molecule has 2 aromatic rings. The van der Waals surface area contributed by atoms with Gasteiger partial charge in [-0.25, -0.2) is 5.43 Å². The summed E-state index contributed by atoms with van der Waals surface area (Å²) in [7, 11) is 1.56. The highest BCUT2D eigenvalue weighted by molar-refractivity contribution is 5.97. The van der Waals surface area contributed by atoms with E-state index in [9.17, 15) is 9.59 Å². The lowest BCUT2D eigenvalue weighted by Crippen LogP contribution is -2.43. The monoisotopic (exact) mass is 367 g/mol. The molecular formula is C21H25N3O3. The molecule has 0 aliphatic carbocycles. The number of hydrazone groups is 1. The molecule has 0 spiro atoms. The second-order valence-electron chi connectivity index (χ2n) is 6.48. The fourth-order valence-corrected chi connectivity index (χ4v) is 2.32. The van der Waals surface area contributed by atoms with Crippen LogP contribution < -0.4 is 15.5 Å². The van der Waals surface area contributed by atoms with Crippen LogP contribution in [0.25, 0.3) is 0 Å². The predicted molar refractivity (Wildman–Crippen MR) is 106 cm³/mol. The molecule has 27 heavy (non-hydrogen) atoms. The lowest BCUT2D eigenvalue weighted by molar-refractivity contribution is -0.122. The van der Waals surface area contributed by atoms with Crippen LogP contribution in [0.1, 0.15) is 48.2 Å². The largest absolute Gasteiger partial charge is 0.497 e. The van der Waals surface area contributed by atoms with Crippen molar-refractivity contribution in [2.45, 2.75) is 32.7 Å². The predicted octanol–water partition coefficient (Wildman–Crippen LogP) is 3.09. The summed E-state index contributed by atoms with van der Waals surface area (Å²) in [4.78, 5) is 24.3. The van der Waals surface area contributed by atoms with Gasteiger partial charge >= 0.3 is 0 Å². The molecule has 0 aliphatic rings. The minimum absolute atomic E-state index is 0.339. The topological polar surface area (TPSA) is 79.8 Å². The van der Waals surface area contributed by atoms with Crippen LogP contribution >= 0.6 is 0 Å². The van der Waals surface area contributed by atoms with E-state index in [4.69, 9.17) is 4.74 Å². The van der Waals surface area contributed by atoms with Gasteiger partial charge < -0.3 is 10.1 Å². The van der Waals surface area contributed by atoms with E-state index in [2.05, 4.69) is 29.7 Å². The van der Waals surface area contributed by atoms with Crippen LogP contribution in [-0.4, -0.2) is 31.2 Å². The Morgan fingerprint density at radius 1 is 1.00 bits per heavy atom. The van der Waals surface area contributed by atoms with E-state index in [1.54, 1.807) is 44.5 Å². The van der Waals surface area contributed by atoms with E-state index in [1.807, 2.05) is 24.3 Å². The molecular weight excluding hydrogens is 342 g/mol. The Kier molecular flexibility index (Phi) is 7.11. The Hall–Kier alpha value is -3.15. The number of benzene rings is 2. The number of carbonyl (C=O) groups is 2. The molecule has 0 aliphatic heterocycles. The fourth-order valence-electron chi connectivity index (χ4n) is 2.32. The zero-order chi connectivity index (χ0) is 19.8. The van der Waals surface area contributed by atoms with Gasteiger partial charge in [0.25, 0.3) is 11.8 Å². The summed E-state index contributed by atoms with van der Waals surface area (Å²) in [5.41, 5.74) is 5.01. The van der Waals surface area contributed by atoms with Gasteiger partial charge in [-0.15, -0.1) is 0 Å². The number of amides is 2. The minimum Gasteiger partial charge on any atom is -0.497 e. The Morgan fingerprint density at radius 2 is 1.63 bits per heavy atom. The Labute approximate surface area is 159 Å². The average molecular weight is 367 g/mol. The molecule has 2 amide bonds. The molecule has 6 nitrogen and oxygen atoms in total. The van der Waals surface area contributed by atoms with Crippen LogP contribution in [0.5, 0.6) is 5.75 Å². The van der Waals surface area contributed by atoms with Crippen molar-refractivity contribution < 1.29 is 14.3 Å². The van der Waals surface area contributed by atoms with Crippen LogP contribution in [0.2, 0.25) is 0 Å². The van der Waals surface area contributed by atoms with Crippen LogP contribution in [-0.2, 0) is 4.79 Å². The number of rotatable bonds is 7. The first-order valence-electron chi connectivity index (χ1n) is 8.78. The molecule has 0 saturated carbocycles. The van der Waals surface area contributed by atoms with Gasteiger partial charge in [-0.3, -0.25) is 9.59 Å². The van der Waals surface area contributed by atoms with Gasteiger partial charge in [0, 0.05) is 5.56 Å². The number of nitrogens with one attached hydrogen (secondary N) is 2. The maximum absolute atomic E-state index is 12.2. The Balaban J connectivity index is 1.86. The number of methoxy groups -OCH3 is 1. The summed E-state index contributed by atoms with van der Waals surface area (Å²) in [6.45, 7) is 5.86. The van der Waals surface area contributed by atoms with E-state index in [0.29, 0.717) is 17.2 Å². The van der Waals surface area contributed by atoms with Gasteiger partial charge in [-0.05, 0) is 48.2 Å². The van der Waals surface area contributed by atoms with Crippen molar-refractivity contribution in [2.75, 3.05) is 7.11 Å². The summed E-state index contributed by atoms with van der Waals surface area (Å²) < 4.78 is 5.06. The van der Waals surface area contributed by atoms with Crippen molar-refractivity contribution in [3.63, 3.8) is 0 Å². The molecule has 0 heterocycles. The standard InChI is InChI=1S/C21H25N3O3/c1-14(2)17-7-5-16(6-8-17)13-22-24-20(25)15(3)23-21(26)18-9-11-19(27-4)12-10-18/h5-15H,1-4H3,(H,23,26)(H,24,25). The summed E-state index contributed by atoms with van der Waals surface area (Å²) in [6, 6.07) is 13.9. The number of hydrogen-bond acceptors (Lipinski definition) is 4. The van der Waals surface area contributed by atoms with E-state index >= 15 is 0 Å². The van der Waals surface area contributed by atoms with Crippen LogP contribution in [0, 0.1) is 0 Å². The summed E-state index contributed by atoms with van der Waals surface area (Å²) in [5, 5.41) is 6.58. The summed E-state index contributed by atoms with van der Waals surface area (Å²) in [5.74, 6) is 0.388. The maximum Gasteiger partial charge on any atom is 0.262 e.